The zero-order valence-corrected chi connectivity index (χ0v) is 8.07. The van der Waals surface area contributed by atoms with Crippen molar-refractivity contribution in [2.24, 2.45) is 0 Å². The number of halogens is 2. The van der Waals surface area contributed by atoms with Crippen LogP contribution in [0.25, 0.3) is 0 Å². The summed E-state index contributed by atoms with van der Waals surface area (Å²) in [6.45, 7) is 0.195. The Labute approximate surface area is 88.5 Å². The molecule has 1 N–H and O–H groups in total. The average Bonchev–Trinajstić information content (AvgIpc) is 2.72. The zero-order valence-electron chi connectivity index (χ0n) is 7.31. The van der Waals surface area contributed by atoms with Crippen LogP contribution in [-0.2, 0) is 6.54 Å². The minimum Gasteiger partial charge on any atom is -0.360 e. The summed E-state index contributed by atoms with van der Waals surface area (Å²) in [6.07, 6.45) is 2.16. The van der Waals surface area contributed by atoms with Gasteiger partial charge in [-0.25, -0.2) is 9.37 Å². The molecule has 2 aromatic heterocycles. The van der Waals surface area contributed by atoms with Crippen molar-refractivity contribution in [3.63, 3.8) is 0 Å². The second kappa shape index (κ2) is 4.18. The Morgan fingerprint density at radius 2 is 2.33 bits per heavy atom. The molecule has 2 heterocycles. The molecular weight excluding hydrogens is 225 g/mol. The molecule has 2 rings (SSSR count). The monoisotopic (exact) mass is 229 g/mol. The van der Waals surface area contributed by atoms with Crippen molar-refractivity contribution in [1.29, 1.82) is 0 Å². The molecule has 78 valence electrons. The van der Waals surface area contributed by atoms with Crippen LogP contribution in [0, 0.1) is 5.82 Å². The number of hydrogen-bond donors (Lipinski definition) is 1. The predicted molar refractivity (Wildman–Crippen MR) is 48.6 cm³/mol. The molecule has 0 unspecified atom stereocenters. The van der Waals surface area contributed by atoms with Gasteiger partial charge in [0.05, 0.1) is 12.7 Å². The molecular formula is C7H5ClFN5O. The molecule has 0 saturated heterocycles. The van der Waals surface area contributed by atoms with Crippen LogP contribution in [0.3, 0.4) is 0 Å². The second-order valence-electron chi connectivity index (χ2n) is 2.54. The number of anilines is 1. The smallest absolute Gasteiger partial charge is 0.224 e. The van der Waals surface area contributed by atoms with E-state index in [4.69, 9.17) is 11.6 Å². The third kappa shape index (κ3) is 2.38. The summed E-state index contributed by atoms with van der Waals surface area (Å²) in [4.78, 5) is 10.9. The molecule has 6 nitrogen and oxygen atoms in total. The first kappa shape index (κ1) is 9.78. The third-order valence-electron chi connectivity index (χ3n) is 1.54. The zero-order chi connectivity index (χ0) is 10.7. The number of aromatic nitrogens is 4. The summed E-state index contributed by atoms with van der Waals surface area (Å²) in [5.74, 6) is -0.202. The average molecular weight is 230 g/mol. The van der Waals surface area contributed by atoms with Crippen molar-refractivity contribution >= 4 is 17.4 Å². The van der Waals surface area contributed by atoms with Crippen LogP contribution in [0.2, 0.25) is 5.28 Å². The maximum atomic E-state index is 13.1. The molecule has 2 aromatic rings. The van der Waals surface area contributed by atoms with Crippen LogP contribution in [0.5, 0.6) is 0 Å². The van der Waals surface area contributed by atoms with Gasteiger partial charge in [-0.3, -0.25) is 0 Å². The van der Waals surface area contributed by atoms with Gasteiger partial charge in [-0.2, -0.15) is 9.97 Å². The summed E-state index contributed by atoms with van der Waals surface area (Å²) >= 11 is 5.50. The van der Waals surface area contributed by atoms with Crippen molar-refractivity contribution < 1.29 is 8.91 Å². The molecule has 0 fully saturated rings. The summed E-state index contributed by atoms with van der Waals surface area (Å²) in [6, 6.07) is 0. The van der Waals surface area contributed by atoms with Crippen LogP contribution in [0.1, 0.15) is 5.82 Å². The standard InChI is InChI=1S/C7H5ClFN5O/c8-7-11-1-4(9)6(13-7)10-2-5-12-3-15-14-5/h1,3H,2H2,(H,10,11,13). The predicted octanol–water partition coefficient (Wildman–Crippen LogP) is 1.26. The Kier molecular flexibility index (Phi) is 2.72. The first-order chi connectivity index (χ1) is 7.25. The molecule has 0 bridgehead atoms. The lowest BCUT2D eigenvalue weighted by Crippen LogP contribution is -2.05. The van der Waals surface area contributed by atoms with Gasteiger partial charge in [0.15, 0.2) is 17.5 Å². The van der Waals surface area contributed by atoms with Gasteiger partial charge >= 0.3 is 0 Å². The quantitative estimate of drug-likeness (QED) is 0.799. The molecule has 0 aromatic carbocycles. The largest absolute Gasteiger partial charge is 0.360 e. The van der Waals surface area contributed by atoms with Crippen molar-refractivity contribution in [1.82, 2.24) is 20.1 Å². The minimum atomic E-state index is -0.595. The Bertz CT molecular complexity index is 449. The van der Waals surface area contributed by atoms with Gasteiger partial charge in [0.1, 0.15) is 0 Å². The van der Waals surface area contributed by atoms with E-state index in [0.29, 0.717) is 5.82 Å². The molecule has 0 aliphatic heterocycles. The summed E-state index contributed by atoms with van der Waals surface area (Å²) in [5, 5.41) is 6.16. The van der Waals surface area contributed by atoms with Crippen molar-refractivity contribution in [3.05, 3.63) is 29.5 Å². The Hall–Kier alpha value is -1.76. The van der Waals surface area contributed by atoms with E-state index in [1.54, 1.807) is 0 Å². The molecule has 0 spiro atoms. The highest BCUT2D eigenvalue weighted by molar-refractivity contribution is 6.28. The van der Waals surface area contributed by atoms with Crippen molar-refractivity contribution in [2.75, 3.05) is 5.32 Å². The number of nitrogens with zero attached hydrogens (tertiary/aromatic N) is 4. The van der Waals surface area contributed by atoms with Gasteiger partial charge in [-0.1, -0.05) is 5.16 Å². The number of hydrogen-bond acceptors (Lipinski definition) is 6. The van der Waals surface area contributed by atoms with Gasteiger partial charge in [0.25, 0.3) is 0 Å². The van der Waals surface area contributed by atoms with Gasteiger partial charge < -0.3 is 9.84 Å². The third-order valence-corrected chi connectivity index (χ3v) is 1.72. The van der Waals surface area contributed by atoms with Gasteiger partial charge in [-0.05, 0) is 11.6 Å². The molecule has 0 saturated carbocycles. The Morgan fingerprint density at radius 1 is 1.47 bits per heavy atom. The first-order valence-electron chi connectivity index (χ1n) is 3.93. The number of nitrogens with one attached hydrogen (secondary N) is 1. The van der Waals surface area contributed by atoms with E-state index in [1.807, 2.05) is 0 Å². The van der Waals surface area contributed by atoms with Crippen LogP contribution in [0.4, 0.5) is 10.2 Å². The summed E-state index contributed by atoms with van der Waals surface area (Å²) < 4.78 is 17.6. The number of rotatable bonds is 3. The summed E-state index contributed by atoms with van der Waals surface area (Å²) in [5.41, 5.74) is 0. The Morgan fingerprint density at radius 3 is 3.07 bits per heavy atom. The van der Waals surface area contributed by atoms with E-state index in [2.05, 4.69) is 29.9 Å². The molecule has 0 amide bonds. The van der Waals surface area contributed by atoms with Crippen molar-refractivity contribution in [3.8, 4) is 0 Å². The highest BCUT2D eigenvalue weighted by Gasteiger charge is 2.06. The van der Waals surface area contributed by atoms with Crippen LogP contribution in [-0.4, -0.2) is 20.1 Å². The maximum absolute atomic E-state index is 13.1. The fourth-order valence-electron chi connectivity index (χ4n) is 0.903. The highest BCUT2D eigenvalue weighted by Crippen LogP contribution is 2.12. The fourth-order valence-corrected chi connectivity index (χ4v) is 1.04. The van der Waals surface area contributed by atoms with E-state index >= 15 is 0 Å². The fraction of sp³-hybridized carbons (Fsp3) is 0.143. The van der Waals surface area contributed by atoms with E-state index in [-0.39, 0.29) is 17.6 Å². The van der Waals surface area contributed by atoms with Crippen LogP contribution in [0.15, 0.2) is 17.1 Å². The minimum absolute atomic E-state index is 0.000185. The SMILES string of the molecule is Fc1cnc(Cl)nc1NCc1ncon1. The molecule has 0 aliphatic carbocycles. The molecule has 8 heteroatoms. The van der Waals surface area contributed by atoms with E-state index < -0.39 is 5.82 Å². The van der Waals surface area contributed by atoms with Crippen LogP contribution >= 0.6 is 11.6 Å². The van der Waals surface area contributed by atoms with Gasteiger partial charge in [-0.15, -0.1) is 0 Å². The topological polar surface area (TPSA) is 76.7 Å². The van der Waals surface area contributed by atoms with Gasteiger partial charge in [0.2, 0.25) is 11.7 Å². The van der Waals surface area contributed by atoms with E-state index in [1.165, 1.54) is 6.39 Å². The molecule has 15 heavy (non-hydrogen) atoms. The van der Waals surface area contributed by atoms with E-state index in [9.17, 15) is 4.39 Å². The molecule has 0 aliphatic rings. The van der Waals surface area contributed by atoms with Crippen molar-refractivity contribution in [2.45, 2.75) is 6.54 Å². The Balaban J connectivity index is 2.07. The highest BCUT2D eigenvalue weighted by atomic mass is 35.5. The molecule has 0 radical (unpaired) electrons. The lowest BCUT2D eigenvalue weighted by molar-refractivity contribution is 0.411. The lowest BCUT2D eigenvalue weighted by Gasteiger charge is -2.02. The second-order valence-corrected chi connectivity index (χ2v) is 2.87. The molecule has 0 atom stereocenters. The first-order valence-corrected chi connectivity index (χ1v) is 4.30. The van der Waals surface area contributed by atoms with Crippen LogP contribution < -0.4 is 5.32 Å². The maximum Gasteiger partial charge on any atom is 0.224 e. The summed E-state index contributed by atoms with van der Waals surface area (Å²) in [7, 11) is 0. The lowest BCUT2D eigenvalue weighted by atomic mass is 10.5. The van der Waals surface area contributed by atoms with Gasteiger partial charge in [0, 0.05) is 0 Å². The van der Waals surface area contributed by atoms with E-state index in [0.717, 1.165) is 6.20 Å². The normalized spacial score (nSPS) is 10.3.